The van der Waals surface area contributed by atoms with Crippen LogP contribution >= 0.6 is 0 Å². The van der Waals surface area contributed by atoms with Crippen LogP contribution in [0.1, 0.15) is 11.8 Å². The van der Waals surface area contributed by atoms with Crippen molar-refractivity contribution >= 4 is 0 Å². The molecule has 0 spiro atoms. The van der Waals surface area contributed by atoms with Gasteiger partial charge in [-0.25, -0.2) is 0 Å². The zero-order valence-electron chi connectivity index (χ0n) is 5.38. The SMILES string of the molecule is C=CC(N)c1ccc(F)o1. The Morgan fingerprint density at radius 2 is 2.40 bits per heavy atom. The lowest BCUT2D eigenvalue weighted by molar-refractivity contribution is 0.332. The van der Waals surface area contributed by atoms with Gasteiger partial charge in [0.25, 0.3) is 6.01 Å². The Labute approximate surface area is 58.1 Å². The highest BCUT2D eigenvalue weighted by molar-refractivity contribution is 5.09. The molecular formula is C7H8FNO. The Balaban J connectivity index is 2.84. The van der Waals surface area contributed by atoms with Crippen LogP contribution in [0.2, 0.25) is 0 Å². The summed E-state index contributed by atoms with van der Waals surface area (Å²) in [7, 11) is 0. The van der Waals surface area contributed by atoms with Crippen LogP contribution in [-0.4, -0.2) is 0 Å². The maximum atomic E-state index is 12.2. The van der Waals surface area contributed by atoms with Gasteiger partial charge in [0, 0.05) is 6.07 Å². The van der Waals surface area contributed by atoms with Crippen molar-refractivity contribution in [2.24, 2.45) is 5.73 Å². The van der Waals surface area contributed by atoms with Crippen molar-refractivity contribution in [3.63, 3.8) is 0 Å². The van der Waals surface area contributed by atoms with E-state index >= 15 is 0 Å². The summed E-state index contributed by atoms with van der Waals surface area (Å²) in [5, 5.41) is 0. The van der Waals surface area contributed by atoms with Crippen LogP contribution in [0.5, 0.6) is 0 Å². The van der Waals surface area contributed by atoms with Crippen molar-refractivity contribution < 1.29 is 8.81 Å². The first-order chi connectivity index (χ1) is 4.74. The van der Waals surface area contributed by atoms with Gasteiger partial charge in [-0.2, -0.15) is 4.39 Å². The lowest BCUT2D eigenvalue weighted by Crippen LogP contribution is -2.04. The van der Waals surface area contributed by atoms with Crippen LogP contribution in [0.4, 0.5) is 4.39 Å². The third-order valence-corrected chi connectivity index (χ3v) is 1.18. The third-order valence-electron chi connectivity index (χ3n) is 1.18. The molecule has 0 aliphatic rings. The largest absolute Gasteiger partial charge is 0.434 e. The average molecular weight is 141 g/mol. The van der Waals surface area contributed by atoms with Gasteiger partial charge in [0.05, 0.1) is 6.04 Å². The van der Waals surface area contributed by atoms with Crippen molar-refractivity contribution in [2.75, 3.05) is 0 Å². The summed E-state index contributed by atoms with van der Waals surface area (Å²) in [4.78, 5) is 0. The van der Waals surface area contributed by atoms with E-state index in [-0.39, 0.29) is 0 Å². The summed E-state index contributed by atoms with van der Waals surface area (Å²) in [6.45, 7) is 3.44. The molecule has 1 rings (SSSR count). The molecule has 0 saturated heterocycles. The van der Waals surface area contributed by atoms with E-state index in [1.165, 1.54) is 18.2 Å². The van der Waals surface area contributed by atoms with Crippen LogP contribution in [0.15, 0.2) is 29.2 Å². The van der Waals surface area contributed by atoms with Crippen LogP contribution in [0.25, 0.3) is 0 Å². The van der Waals surface area contributed by atoms with Crippen LogP contribution < -0.4 is 5.73 Å². The van der Waals surface area contributed by atoms with Crippen molar-refractivity contribution in [1.29, 1.82) is 0 Å². The van der Waals surface area contributed by atoms with Crippen molar-refractivity contribution in [1.82, 2.24) is 0 Å². The van der Waals surface area contributed by atoms with E-state index in [9.17, 15) is 4.39 Å². The van der Waals surface area contributed by atoms with Gasteiger partial charge in [0.2, 0.25) is 0 Å². The summed E-state index contributed by atoms with van der Waals surface area (Å²) in [5.41, 5.74) is 5.43. The molecule has 0 bridgehead atoms. The lowest BCUT2D eigenvalue weighted by atomic mass is 10.2. The molecule has 0 aromatic carbocycles. The molecule has 1 aromatic heterocycles. The van der Waals surface area contributed by atoms with E-state index in [4.69, 9.17) is 5.73 Å². The van der Waals surface area contributed by atoms with Gasteiger partial charge in [-0.15, -0.1) is 6.58 Å². The predicted molar refractivity (Wildman–Crippen MR) is 35.8 cm³/mol. The number of nitrogens with two attached hydrogens (primary N) is 1. The summed E-state index contributed by atoms with van der Waals surface area (Å²) in [5.74, 6) is 0.396. The molecule has 1 unspecified atom stereocenters. The van der Waals surface area contributed by atoms with Gasteiger partial charge in [-0.3, -0.25) is 0 Å². The molecule has 0 aliphatic carbocycles. The highest BCUT2D eigenvalue weighted by Gasteiger charge is 2.05. The number of hydrogen-bond acceptors (Lipinski definition) is 2. The van der Waals surface area contributed by atoms with E-state index in [2.05, 4.69) is 11.0 Å². The quantitative estimate of drug-likeness (QED) is 0.635. The molecule has 0 radical (unpaired) electrons. The normalized spacial score (nSPS) is 13.0. The topological polar surface area (TPSA) is 39.2 Å². The summed E-state index contributed by atoms with van der Waals surface area (Å²) in [6.07, 6.45) is 1.48. The molecule has 2 nitrogen and oxygen atoms in total. The molecule has 3 heteroatoms. The molecule has 1 heterocycles. The zero-order chi connectivity index (χ0) is 7.56. The van der Waals surface area contributed by atoms with E-state index in [1.807, 2.05) is 0 Å². The minimum atomic E-state index is -0.618. The second kappa shape index (κ2) is 2.66. The van der Waals surface area contributed by atoms with E-state index < -0.39 is 12.1 Å². The number of halogens is 1. The van der Waals surface area contributed by atoms with Gasteiger partial charge in [-0.1, -0.05) is 6.08 Å². The standard InChI is InChI=1S/C7H8FNO/c1-2-5(9)6-3-4-7(8)10-6/h2-5H,1,9H2. The van der Waals surface area contributed by atoms with E-state index in [1.54, 1.807) is 0 Å². The Kier molecular flexibility index (Phi) is 1.87. The minimum Gasteiger partial charge on any atom is -0.434 e. The number of furan rings is 1. The molecule has 10 heavy (non-hydrogen) atoms. The Hall–Kier alpha value is -1.09. The first kappa shape index (κ1) is 7.02. The monoisotopic (exact) mass is 141 g/mol. The molecule has 1 atom stereocenters. The molecule has 0 aliphatic heterocycles. The van der Waals surface area contributed by atoms with Gasteiger partial charge >= 0.3 is 0 Å². The molecular weight excluding hydrogens is 133 g/mol. The van der Waals surface area contributed by atoms with Gasteiger partial charge < -0.3 is 10.2 Å². The molecule has 2 N–H and O–H groups in total. The van der Waals surface area contributed by atoms with Crippen LogP contribution in [-0.2, 0) is 0 Å². The highest BCUT2D eigenvalue weighted by Crippen LogP contribution is 2.13. The molecule has 54 valence electrons. The lowest BCUT2D eigenvalue weighted by Gasteiger charge is -1.98. The fourth-order valence-electron chi connectivity index (χ4n) is 0.624. The smallest absolute Gasteiger partial charge is 0.277 e. The van der Waals surface area contributed by atoms with Crippen molar-refractivity contribution in [3.05, 3.63) is 36.6 Å². The fourth-order valence-corrected chi connectivity index (χ4v) is 0.624. The number of hydrogen-bond donors (Lipinski definition) is 1. The third kappa shape index (κ3) is 1.25. The average Bonchev–Trinajstić information content (AvgIpc) is 2.34. The van der Waals surface area contributed by atoms with Crippen molar-refractivity contribution in [2.45, 2.75) is 6.04 Å². The Morgan fingerprint density at radius 1 is 1.70 bits per heavy atom. The zero-order valence-corrected chi connectivity index (χ0v) is 5.38. The van der Waals surface area contributed by atoms with E-state index in [0.717, 1.165) is 0 Å². The van der Waals surface area contributed by atoms with Gasteiger partial charge in [-0.05, 0) is 6.07 Å². The number of rotatable bonds is 2. The van der Waals surface area contributed by atoms with Gasteiger partial charge in [0.1, 0.15) is 5.76 Å². The summed E-state index contributed by atoms with van der Waals surface area (Å²) >= 11 is 0. The first-order valence-electron chi connectivity index (χ1n) is 2.87. The second-order valence-electron chi connectivity index (χ2n) is 1.90. The second-order valence-corrected chi connectivity index (χ2v) is 1.90. The van der Waals surface area contributed by atoms with Crippen molar-refractivity contribution in [3.8, 4) is 0 Å². The van der Waals surface area contributed by atoms with Crippen LogP contribution in [0, 0.1) is 6.01 Å². The summed E-state index contributed by atoms with van der Waals surface area (Å²) < 4.78 is 16.7. The molecule has 0 saturated carbocycles. The maximum absolute atomic E-state index is 12.2. The minimum absolute atomic E-state index is 0.396. The Morgan fingerprint density at radius 3 is 2.80 bits per heavy atom. The predicted octanol–water partition coefficient (Wildman–Crippen LogP) is 1.60. The Bertz CT molecular complexity index is 231. The molecule has 0 amide bonds. The molecule has 0 fully saturated rings. The van der Waals surface area contributed by atoms with Crippen LogP contribution in [0.3, 0.4) is 0 Å². The summed E-state index contributed by atoms with van der Waals surface area (Å²) in [6, 6.07) is 1.68. The highest BCUT2D eigenvalue weighted by atomic mass is 19.1. The fraction of sp³-hybridized carbons (Fsp3) is 0.143. The molecule has 1 aromatic rings. The van der Waals surface area contributed by atoms with E-state index in [0.29, 0.717) is 5.76 Å². The maximum Gasteiger partial charge on any atom is 0.277 e. The van der Waals surface area contributed by atoms with Gasteiger partial charge in [0.15, 0.2) is 0 Å². The first-order valence-corrected chi connectivity index (χ1v) is 2.87.